The highest BCUT2D eigenvalue weighted by atomic mass is 19.4. The van der Waals surface area contributed by atoms with Gasteiger partial charge < -0.3 is 29.6 Å². The average Bonchev–Trinajstić information content (AvgIpc) is 3.36. The molecule has 1 amide bonds. The van der Waals surface area contributed by atoms with Crippen molar-refractivity contribution in [1.29, 1.82) is 0 Å². The predicted molar refractivity (Wildman–Crippen MR) is 156 cm³/mol. The van der Waals surface area contributed by atoms with Crippen LogP contribution in [0.4, 0.5) is 18.9 Å². The number of alkyl halides is 3. The topological polar surface area (TPSA) is 153 Å². The van der Waals surface area contributed by atoms with Gasteiger partial charge in [0.25, 0.3) is 11.6 Å². The smallest absolute Gasteiger partial charge is 0.423 e. The quantitative estimate of drug-likeness (QED) is 0.136. The van der Waals surface area contributed by atoms with E-state index in [1.54, 1.807) is 37.3 Å². The van der Waals surface area contributed by atoms with Crippen molar-refractivity contribution in [1.82, 2.24) is 9.88 Å². The van der Waals surface area contributed by atoms with Gasteiger partial charge in [-0.05, 0) is 35.7 Å². The van der Waals surface area contributed by atoms with Crippen molar-refractivity contribution < 1.29 is 47.4 Å². The number of halogens is 3. The van der Waals surface area contributed by atoms with Crippen LogP contribution in [0.15, 0.2) is 72.9 Å². The maximum atomic E-state index is 14.5. The summed E-state index contributed by atoms with van der Waals surface area (Å²) in [6.45, 7) is -0.277. The van der Waals surface area contributed by atoms with Gasteiger partial charge in [0.05, 0.1) is 30.0 Å². The van der Waals surface area contributed by atoms with Crippen molar-refractivity contribution in [3.63, 3.8) is 0 Å². The van der Waals surface area contributed by atoms with Gasteiger partial charge in [-0.25, -0.2) is 0 Å². The number of aliphatic carboxylic acids is 1. The summed E-state index contributed by atoms with van der Waals surface area (Å²) < 4.78 is 55.7. The number of fused-ring (bicyclic) bond motifs is 1. The number of benzene rings is 3. The molecule has 0 aliphatic rings. The van der Waals surface area contributed by atoms with Crippen molar-refractivity contribution in [3.8, 4) is 11.5 Å². The molecule has 0 bridgehead atoms. The van der Waals surface area contributed by atoms with E-state index in [4.69, 9.17) is 9.47 Å². The normalized spacial score (nSPS) is 13.6. The van der Waals surface area contributed by atoms with Gasteiger partial charge in [0.1, 0.15) is 0 Å². The monoisotopic (exact) mass is 629 g/mol. The summed E-state index contributed by atoms with van der Waals surface area (Å²) in [6.07, 6.45) is -3.89. The lowest BCUT2D eigenvalue weighted by atomic mass is 9.92. The van der Waals surface area contributed by atoms with Crippen LogP contribution in [0.2, 0.25) is 0 Å². The number of carboxylic acids is 1. The number of aromatic nitrogens is 1. The summed E-state index contributed by atoms with van der Waals surface area (Å²) in [5.74, 6) is -2.67. The van der Waals surface area contributed by atoms with Crippen molar-refractivity contribution in [2.45, 2.75) is 37.6 Å². The van der Waals surface area contributed by atoms with E-state index in [2.05, 4.69) is 5.32 Å². The Kier molecular flexibility index (Phi) is 9.66. The third kappa shape index (κ3) is 7.01. The number of methoxy groups -OCH3 is 1. The van der Waals surface area contributed by atoms with Gasteiger partial charge in [-0.15, -0.1) is 0 Å². The molecule has 1 aromatic heterocycles. The average molecular weight is 630 g/mol. The van der Waals surface area contributed by atoms with E-state index in [9.17, 15) is 43.1 Å². The fourth-order valence-electron chi connectivity index (χ4n) is 4.98. The maximum Gasteiger partial charge on any atom is 0.423 e. The first-order valence-electron chi connectivity index (χ1n) is 13.7. The zero-order valence-electron chi connectivity index (χ0n) is 24.2. The Morgan fingerprint density at radius 3 is 2.38 bits per heavy atom. The van der Waals surface area contributed by atoms with Gasteiger partial charge in [-0.1, -0.05) is 43.3 Å². The molecule has 238 valence electrons. The number of rotatable bonds is 13. The summed E-state index contributed by atoms with van der Waals surface area (Å²) >= 11 is 0. The number of nitro groups is 1. The number of hydrogen-bond donors (Lipinski definition) is 3. The molecule has 0 aliphatic heterocycles. The van der Waals surface area contributed by atoms with Crippen LogP contribution in [0.3, 0.4) is 0 Å². The maximum absolute atomic E-state index is 14.5. The molecule has 0 saturated heterocycles. The van der Waals surface area contributed by atoms with E-state index >= 15 is 0 Å². The highest BCUT2D eigenvalue weighted by molar-refractivity contribution is 5.87. The first-order chi connectivity index (χ1) is 21.3. The van der Waals surface area contributed by atoms with Crippen LogP contribution in [0.1, 0.15) is 36.0 Å². The van der Waals surface area contributed by atoms with Crippen molar-refractivity contribution >= 4 is 28.5 Å². The molecule has 0 aliphatic carbocycles. The van der Waals surface area contributed by atoms with Crippen LogP contribution >= 0.6 is 0 Å². The Balaban J connectivity index is 1.59. The van der Waals surface area contributed by atoms with Crippen LogP contribution in [-0.4, -0.2) is 58.0 Å². The van der Waals surface area contributed by atoms with E-state index < -0.39 is 53.2 Å². The minimum Gasteiger partial charge on any atom is -0.493 e. The molecule has 2 atom stereocenters. The summed E-state index contributed by atoms with van der Waals surface area (Å²) in [4.78, 5) is 34.9. The van der Waals surface area contributed by atoms with Crippen LogP contribution in [0.5, 0.6) is 11.5 Å². The first-order valence-corrected chi connectivity index (χ1v) is 13.7. The van der Waals surface area contributed by atoms with Crippen LogP contribution in [0.25, 0.3) is 10.9 Å². The van der Waals surface area contributed by atoms with Crippen molar-refractivity contribution in [2.24, 2.45) is 0 Å². The van der Waals surface area contributed by atoms with Crippen LogP contribution in [-0.2, 0) is 21.7 Å². The molecule has 0 fully saturated rings. The number of non-ortho nitro benzene ring substituents is 1. The summed E-state index contributed by atoms with van der Waals surface area (Å²) in [6, 6.07) is 16.3. The molecule has 4 rings (SSSR count). The Bertz CT molecular complexity index is 1710. The van der Waals surface area contributed by atoms with Gasteiger partial charge in [-0.3, -0.25) is 19.7 Å². The highest BCUT2D eigenvalue weighted by Crippen LogP contribution is 2.43. The Morgan fingerprint density at radius 1 is 1.07 bits per heavy atom. The number of ether oxygens (including phenoxy) is 2. The van der Waals surface area contributed by atoms with Gasteiger partial charge in [0, 0.05) is 35.8 Å². The number of carboxylic acid groups (broad SMARTS) is 1. The molecule has 1 heterocycles. The number of nitrogens with zero attached hydrogens (tertiary/aromatic N) is 2. The van der Waals surface area contributed by atoms with Crippen molar-refractivity contribution in [3.05, 3.63) is 99.7 Å². The number of hydrogen-bond acceptors (Lipinski definition) is 7. The fraction of sp³-hybridized carbons (Fsp3) is 0.290. The lowest BCUT2D eigenvalue weighted by molar-refractivity contribution is -0.384. The SMILES string of the molecule is CCC(C(=O)O)c1ccc(OCC(=O)NCC(O)(c2cn(Cc3ccccc3)c3cc([N+](=O)[O-])ccc23)C(F)(F)F)c(OC)c1. The second kappa shape index (κ2) is 13.3. The summed E-state index contributed by atoms with van der Waals surface area (Å²) in [5, 5.41) is 34.0. The van der Waals surface area contributed by atoms with E-state index in [-0.39, 0.29) is 34.6 Å². The highest BCUT2D eigenvalue weighted by Gasteiger charge is 2.56. The number of carbonyl (C=O) groups is 2. The first kappa shape index (κ1) is 32.8. The molecular weight excluding hydrogens is 599 g/mol. The molecular formula is C31H30F3N3O8. The van der Waals surface area contributed by atoms with Gasteiger partial charge in [0.2, 0.25) is 5.60 Å². The molecule has 3 N–H and O–H groups in total. The number of nitro benzene ring substituents is 1. The van der Waals surface area contributed by atoms with Gasteiger partial charge in [0.15, 0.2) is 18.1 Å². The predicted octanol–water partition coefficient (Wildman–Crippen LogP) is 5.13. The molecule has 0 radical (unpaired) electrons. The second-order valence-corrected chi connectivity index (χ2v) is 10.2. The van der Waals surface area contributed by atoms with Gasteiger partial charge >= 0.3 is 12.1 Å². The molecule has 14 heteroatoms. The molecule has 2 unspecified atom stereocenters. The molecule has 0 spiro atoms. The van der Waals surface area contributed by atoms with E-state index in [1.807, 2.05) is 0 Å². The third-order valence-electron chi connectivity index (χ3n) is 7.38. The molecule has 4 aromatic rings. The standard InChI is InChI=1S/C31H30F3N3O8/c1-3-22(29(39)40)20-9-12-26(27(13-20)44-2)45-17-28(38)35-18-30(41,31(32,33)34)24-16-36(15-19-7-5-4-6-8-19)25-14-21(37(42)43)10-11-23(24)25/h4-14,16,22,41H,3,15,17-18H2,1-2H3,(H,35,38)(H,39,40). The number of carbonyl (C=O) groups excluding carboxylic acids is 1. The molecule has 11 nitrogen and oxygen atoms in total. The zero-order chi connectivity index (χ0) is 32.9. The minimum absolute atomic E-state index is 0.0494. The molecule has 0 saturated carbocycles. The van der Waals surface area contributed by atoms with Crippen LogP contribution in [0, 0.1) is 10.1 Å². The zero-order valence-corrected chi connectivity index (χ0v) is 24.2. The van der Waals surface area contributed by atoms with Gasteiger partial charge in [-0.2, -0.15) is 13.2 Å². The van der Waals surface area contributed by atoms with Crippen molar-refractivity contribution in [2.75, 3.05) is 20.3 Å². The van der Waals surface area contributed by atoms with E-state index in [0.717, 1.165) is 24.4 Å². The Hall–Kier alpha value is -5.11. The Morgan fingerprint density at radius 2 is 1.78 bits per heavy atom. The minimum atomic E-state index is -5.27. The lowest BCUT2D eigenvalue weighted by Crippen LogP contribution is -2.51. The van der Waals surface area contributed by atoms with E-state index in [1.165, 1.54) is 29.9 Å². The number of nitrogens with one attached hydrogen (secondary N) is 1. The third-order valence-corrected chi connectivity index (χ3v) is 7.38. The van der Waals surface area contributed by atoms with Crippen LogP contribution < -0.4 is 14.8 Å². The second-order valence-electron chi connectivity index (χ2n) is 10.2. The number of aliphatic hydroxyl groups is 1. The number of amides is 1. The fourth-order valence-corrected chi connectivity index (χ4v) is 4.98. The molecule has 45 heavy (non-hydrogen) atoms. The summed E-state index contributed by atoms with van der Waals surface area (Å²) in [7, 11) is 1.31. The summed E-state index contributed by atoms with van der Waals surface area (Å²) in [5.41, 5.74) is -3.30. The Labute approximate surface area is 254 Å². The lowest BCUT2D eigenvalue weighted by Gasteiger charge is -2.30. The molecule has 3 aromatic carbocycles. The van der Waals surface area contributed by atoms with E-state index in [0.29, 0.717) is 17.5 Å². The largest absolute Gasteiger partial charge is 0.493 e.